The molecule has 1 heterocycles. The van der Waals surface area contributed by atoms with Gasteiger partial charge in [0.2, 0.25) is 0 Å². The molecule has 1 N–H and O–H groups in total. The van der Waals surface area contributed by atoms with Crippen molar-refractivity contribution in [3.63, 3.8) is 0 Å². The molecule has 0 aliphatic carbocycles. The summed E-state index contributed by atoms with van der Waals surface area (Å²) in [6, 6.07) is 7.03. The summed E-state index contributed by atoms with van der Waals surface area (Å²) >= 11 is 0. The van der Waals surface area contributed by atoms with Crippen LogP contribution in [0.4, 0.5) is 4.79 Å². The highest BCUT2D eigenvalue weighted by Crippen LogP contribution is 2.24. The second kappa shape index (κ2) is 7.76. The van der Waals surface area contributed by atoms with E-state index in [2.05, 4.69) is 26.1 Å². The number of nitrogens with one attached hydrogen (secondary N) is 1. The summed E-state index contributed by atoms with van der Waals surface area (Å²) in [6.07, 6.45) is -1.93. The minimum Gasteiger partial charge on any atom is -0.479 e. The number of hydrogen-bond acceptors (Lipinski definition) is 5. The average Bonchev–Trinajstić information content (AvgIpc) is 2.99. The lowest BCUT2D eigenvalue weighted by atomic mass is 9.87. The number of amides is 3. The highest BCUT2D eigenvalue weighted by atomic mass is 16.6. The van der Waals surface area contributed by atoms with Crippen molar-refractivity contribution in [3.8, 4) is 5.75 Å². The molecule has 142 valence electrons. The average molecular weight is 362 g/mol. The first-order valence-electron chi connectivity index (χ1n) is 8.66. The molecule has 0 spiro atoms. The molecule has 0 radical (unpaired) electrons. The zero-order valence-electron chi connectivity index (χ0n) is 15.9. The highest BCUT2D eigenvalue weighted by Gasteiger charge is 2.32. The van der Waals surface area contributed by atoms with Gasteiger partial charge in [-0.15, -0.1) is 0 Å². The fraction of sp³-hybridized carbons (Fsp3) is 0.526. The van der Waals surface area contributed by atoms with Gasteiger partial charge in [-0.05, 0) is 37.0 Å². The molecule has 0 bridgehead atoms. The van der Waals surface area contributed by atoms with Crippen LogP contribution in [0.5, 0.6) is 5.75 Å². The minimum absolute atomic E-state index is 0.0285. The molecule has 2 atom stereocenters. The van der Waals surface area contributed by atoms with Gasteiger partial charge < -0.3 is 14.8 Å². The van der Waals surface area contributed by atoms with Crippen molar-refractivity contribution in [2.75, 3.05) is 13.1 Å². The Kier molecular flexibility index (Phi) is 5.90. The zero-order chi connectivity index (χ0) is 19.5. The molecule has 1 aliphatic rings. The summed E-state index contributed by atoms with van der Waals surface area (Å²) in [6.45, 7) is 10.0. The van der Waals surface area contributed by atoms with Gasteiger partial charge in [0.05, 0.1) is 0 Å². The van der Waals surface area contributed by atoms with Crippen molar-refractivity contribution < 1.29 is 23.9 Å². The fourth-order valence-corrected chi connectivity index (χ4v) is 2.51. The van der Waals surface area contributed by atoms with Crippen LogP contribution >= 0.6 is 0 Å². The van der Waals surface area contributed by atoms with Crippen molar-refractivity contribution in [2.45, 2.75) is 52.2 Å². The lowest BCUT2D eigenvalue weighted by molar-refractivity contribution is -0.163. The zero-order valence-corrected chi connectivity index (χ0v) is 15.9. The topological polar surface area (TPSA) is 84.9 Å². The van der Waals surface area contributed by atoms with Crippen molar-refractivity contribution in [2.24, 2.45) is 0 Å². The van der Waals surface area contributed by atoms with Crippen molar-refractivity contribution >= 4 is 17.9 Å². The molecule has 0 aromatic heterocycles. The molecule has 2 rings (SSSR count). The molecule has 7 heteroatoms. The smallest absolute Gasteiger partial charge is 0.347 e. The summed E-state index contributed by atoms with van der Waals surface area (Å²) in [5, 5.41) is 2.53. The Bertz CT molecular complexity index is 678. The van der Waals surface area contributed by atoms with Crippen LogP contribution in [0.3, 0.4) is 0 Å². The fourth-order valence-electron chi connectivity index (χ4n) is 2.51. The Balaban J connectivity index is 1.90. The standard InChI is InChI=1S/C19H26N2O5/c1-12(16(22)21-11-10-20-18(21)24)26-17(23)13(2)25-15-8-6-14(7-9-15)19(3,4)5/h6-9,12-13H,10-11H2,1-5H3,(H,20,24)/t12-,13+/m1/s1. The Hall–Kier alpha value is -2.57. The van der Waals surface area contributed by atoms with Crippen molar-refractivity contribution in [3.05, 3.63) is 29.8 Å². The molecule has 3 amide bonds. The Labute approximate surface area is 153 Å². The predicted molar refractivity (Wildman–Crippen MR) is 95.9 cm³/mol. The lowest BCUT2D eigenvalue weighted by Gasteiger charge is -2.21. The van der Waals surface area contributed by atoms with Crippen LogP contribution in [-0.2, 0) is 19.7 Å². The van der Waals surface area contributed by atoms with E-state index in [1.807, 2.05) is 12.1 Å². The number of benzene rings is 1. The Morgan fingerprint density at radius 2 is 1.73 bits per heavy atom. The first kappa shape index (κ1) is 19.8. The van der Waals surface area contributed by atoms with Gasteiger partial charge in [-0.2, -0.15) is 0 Å². The van der Waals surface area contributed by atoms with Crippen LogP contribution in [-0.4, -0.2) is 48.1 Å². The number of nitrogens with zero attached hydrogens (tertiary/aromatic N) is 1. The summed E-state index contributed by atoms with van der Waals surface area (Å²) in [5.74, 6) is -0.666. The second-order valence-electron chi connectivity index (χ2n) is 7.34. The molecule has 1 saturated heterocycles. The molecule has 0 saturated carbocycles. The molecule has 0 unspecified atom stereocenters. The van der Waals surface area contributed by atoms with E-state index in [0.29, 0.717) is 12.3 Å². The van der Waals surface area contributed by atoms with Crippen LogP contribution in [0.25, 0.3) is 0 Å². The van der Waals surface area contributed by atoms with Crippen LogP contribution in [0, 0.1) is 0 Å². The number of urea groups is 1. The lowest BCUT2D eigenvalue weighted by Crippen LogP contribution is -2.43. The first-order chi connectivity index (χ1) is 12.1. The van der Waals surface area contributed by atoms with Gasteiger partial charge in [-0.1, -0.05) is 32.9 Å². The summed E-state index contributed by atoms with van der Waals surface area (Å²) in [4.78, 5) is 36.9. The van der Waals surface area contributed by atoms with Crippen molar-refractivity contribution in [1.29, 1.82) is 0 Å². The molecule has 1 fully saturated rings. The summed E-state index contributed by atoms with van der Waals surface area (Å²) < 4.78 is 10.7. The normalized spacial score (nSPS) is 16.7. The first-order valence-corrected chi connectivity index (χ1v) is 8.66. The largest absolute Gasteiger partial charge is 0.479 e. The highest BCUT2D eigenvalue weighted by molar-refractivity contribution is 5.98. The Morgan fingerprint density at radius 3 is 2.23 bits per heavy atom. The van der Waals surface area contributed by atoms with E-state index in [1.165, 1.54) is 6.92 Å². The van der Waals surface area contributed by atoms with Gasteiger partial charge in [0.25, 0.3) is 5.91 Å². The quantitative estimate of drug-likeness (QED) is 0.812. The summed E-state index contributed by atoms with van der Waals surface area (Å²) in [5.41, 5.74) is 1.18. The number of hydrogen-bond donors (Lipinski definition) is 1. The SMILES string of the molecule is C[C@H](Oc1ccc(C(C)(C)C)cc1)C(=O)O[C@H](C)C(=O)N1CCNC1=O. The van der Waals surface area contributed by atoms with E-state index in [4.69, 9.17) is 9.47 Å². The van der Waals surface area contributed by atoms with Gasteiger partial charge in [0.15, 0.2) is 12.2 Å². The third-order valence-electron chi connectivity index (χ3n) is 4.13. The van der Waals surface area contributed by atoms with Gasteiger partial charge in [-0.3, -0.25) is 9.69 Å². The number of esters is 1. The van der Waals surface area contributed by atoms with E-state index in [1.54, 1.807) is 19.1 Å². The molecular formula is C19H26N2O5. The number of rotatable bonds is 5. The van der Waals surface area contributed by atoms with E-state index in [9.17, 15) is 14.4 Å². The Morgan fingerprint density at radius 1 is 1.12 bits per heavy atom. The minimum atomic E-state index is -1.05. The van der Waals surface area contributed by atoms with Crippen LogP contribution in [0.15, 0.2) is 24.3 Å². The van der Waals surface area contributed by atoms with Gasteiger partial charge in [0.1, 0.15) is 5.75 Å². The maximum atomic E-state index is 12.2. The molecule has 1 aromatic carbocycles. The number of ether oxygens (including phenoxy) is 2. The molecular weight excluding hydrogens is 336 g/mol. The monoisotopic (exact) mass is 362 g/mol. The molecule has 7 nitrogen and oxygen atoms in total. The number of carbonyl (C=O) groups excluding carboxylic acids is 3. The predicted octanol–water partition coefficient (Wildman–Crippen LogP) is 2.23. The van der Waals surface area contributed by atoms with E-state index in [-0.39, 0.29) is 12.0 Å². The molecule has 1 aliphatic heterocycles. The van der Waals surface area contributed by atoms with Crippen LogP contribution in [0.2, 0.25) is 0 Å². The van der Waals surface area contributed by atoms with Crippen LogP contribution in [0.1, 0.15) is 40.2 Å². The van der Waals surface area contributed by atoms with E-state index < -0.39 is 30.1 Å². The van der Waals surface area contributed by atoms with E-state index in [0.717, 1.165) is 10.5 Å². The molecule has 26 heavy (non-hydrogen) atoms. The number of imide groups is 1. The third kappa shape index (κ3) is 4.74. The van der Waals surface area contributed by atoms with Gasteiger partial charge >= 0.3 is 12.0 Å². The maximum absolute atomic E-state index is 12.2. The molecule has 1 aromatic rings. The summed E-state index contributed by atoms with van der Waals surface area (Å²) in [7, 11) is 0. The number of carbonyl (C=O) groups is 3. The van der Waals surface area contributed by atoms with Crippen molar-refractivity contribution in [1.82, 2.24) is 10.2 Å². The van der Waals surface area contributed by atoms with Gasteiger partial charge in [-0.25, -0.2) is 9.59 Å². The van der Waals surface area contributed by atoms with Crippen LogP contribution < -0.4 is 10.1 Å². The second-order valence-corrected chi connectivity index (χ2v) is 7.34. The maximum Gasteiger partial charge on any atom is 0.347 e. The third-order valence-corrected chi connectivity index (χ3v) is 4.13. The van der Waals surface area contributed by atoms with E-state index >= 15 is 0 Å². The van der Waals surface area contributed by atoms with Gasteiger partial charge in [0, 0.05) is 13.1 Å².